The van der Waals surface area contributed by atoms with Crippen LogP contribution in [0.2, 0.25) is 5.02 Å². The smallest absolute Gasteiger partial charge is 0.0612 e. The van der Waals surface area contributed by atoms with Crippen LogP contribution in [0.4, 0.5) is 0 Å². The fraction of sp³-hybridized carbons (Fsp3) is 0. The zero-order valence-corrected chi connectivity index (χ0v) is 4.50. The van der Waals surface area contributed by atoms with Crippen molar-refractivity contribution in [2.45, 2.75) is 0 Å². The molecule has 7 heavy (non-hydrogen) atoms. The van der Waals surface area contributed by atoms with Crippen molar-refractivity contribution in [3.63, 3.8) is 0 Å². The van der Waals surface area contributed by atoms with Crippen LogP contribution in [-0.2, 0) is 0 Å². The van der Waals surface area contributed by atoms with Gasteiger partial charge in [0.25, 0.3) is 0 Å². The lowest BCUT2D eigenvalue weighted by Crippen LogP contribution is -1.56. The predicted molar refractivity (Wildman–Crippen MR) is 30.3 cm³/mol. The predicted octanol–water partition coefficient (Wildman–Crippen LogP) is 1.85. The molecule has 1 heterocycles. The number of halogens is 1. The van der Waals surface area contributed by atoms with Gasteiger partial charge in [-0.25, -0.2) is 0 Å². The summed E-state index contributed by atoms with van der Waals surface area (Å²) in [4.78, 5) is 2.80. The molecule has 0 unspecified atom stereocenters. The highest BCUT2D eigenvalue weighted by atomic mass is 35.5. The highest BCUT2D eigenvalue weighted by molar-refractivity contribution is 6.31. The molecule has 1 nitrogen and oxygen atoms in total. The van der Waals surface area contributed by atoms with Crippen LogP contribution in [0, 0.1) is 6.92 Å². The minimum atomic E-state index is 0.694. The van der Waals surface area contributed by atoms with Gasteiger partial charge in [0.05, 0.1) is 5.02 Å². The Hall–Kier alpha value is -0.430. The van der Waals surface area contributed by atoms with Gasteiger partial charge in [0.1, 0.15) is 0 Å². The van der Waals surface area contributed by atoms with Gasteiger partial charge < -0.3 is 4.98 Å². The zero-order chi connectivity index (χ0) is 5.28. The highest BCUT2D eigenvalue weighted by Crippen LogP contribution is 2.10. The van der Waals surface area contributed by atoms with Crippen molar-refractivity contribution >= 4 is 11.6 Å². The Morgan fingerprint density at radius 3 is 2.43 bits per heavy atom. The van der Waals surface area contributed by atoms with Crippen LogP contribution < -0.4 is 0 Å². The van der Waals surface area contributed by atoms with Crippen LogP contribution >= 0.6 is 11.6 Å². The summed E-state index contributed by atoms with van der Waals surface area (Å²) >= 11 is 5.53. The van der Waals surface area contributed by atoms with Gasteiger partial charge >= 0.3 is 0 Å². The molecule has 1 rings (SSSR count). The molecule has 0 aliphatic rings. The summed E-state index contributed by atoms with van der Waals surface area (Å²) in [5, 5.41) is 0.694. The second-order valence-corrected chi connectivity index (χ2v) is 1.74. The molecule has 37 valence electrons. The maximum absolute atomic E-state index is 5.53. The van der Waals surface area contributed by atoms with E-state index in [0.717, 1.165) is 5.56 Å². The van der Waals surface area contributed by atoms with E-state index >= 15 is 0 Å². The summed E-state index contributed by atoms with van der Waals surface area (Å²) in [6, 6.07) is 0. The molecular weight excluding hydrogens is 110 g/mol. The first-order valence-electron chi connectivity index (χ1n) is 1.95. The maximum Gasteiger partial charge on any atom is 0.0612 e. The molecule has 1 aromatic rings. The monoisotopic (exact) mass is 114 g/mol. The Labute approximate surface area is 47.3 Å². The van der Waals surface area contributed by atoms with Crippen LogP contribution in [0.1, 0.15) is 5.56 Å². The quantitative estimate of drug-likeness (QED) is 0.530. The van der Waals surface area contributed by atoms with Gasteiger partial charge in [-0.1, -0.05) is 11.6 Å². The van der Waals surface area contributed by atoms with Gasteiger partial charge in [0.2, 0.25) is 0 Å². The number of hydrogen-bond donors (Lipinski definition) is 1. The fourth-order valence-electron chi connectivity index (χ4n) is 0.377. The Morgan fingerprint density at radius 2 is 2.29 bits per heavy atom. The Morgan fingerprint density at radius 1 is 1.57 bits per heavy atom. The van der Waals surface area contributed by atoms with Crippen LogP contribution in [0.15, 0.2) is 12.4 Å². The van der Waals surface area contributed by atoms with Gasteiger partial charge in [-0.05, 0) is 12.5 Å². The van der Waals surface area contributed by atoms with Gasteiger partial charge in [-0.15, -0.1) is 0 Å². The van der Waals surface area contributed by atoms with E-state index in [1.165, 1.54) is 0 Å². The molecule has 0 aliphatic heterocycles. The number of hydrogen-bond acceptors (Lipinski definition) is 0. The molecule has 0 aromatic carbocycles. The summed E-state index contributed by atoms with van der Waals surface area (Å²) in [6.45, 7) is 3.62. The summed E-state index contributed by atoms with van der Waals surface area (Å²) in [6.07, 6.45) is 3.45. The van der Waals surface area contributed by atoms with Crippen LogP contribution in [0.3, 0.4) is 0 Å². The molecule has 0 saturated heterocycles. The summed E-state index contributed by atoms with van der Waals surface area (Å²) in [7, 11) is 0. The van der Waals surface area contributed by atoms with Crippen molar-refractivity contribution in [1.82, 2.24) is 4.98 Å². The molecule has 0 amide bonds. The van der Waals surface area contributed by atoms with E-state index in [4.69, 9.17) is 11.6 Å². The van der Waals surface area contributed by atoms with E-state index in [1.54, 1.807) is 12.4 Å². The van der Waals surface area contributed by atoms with Gasteiger partial charge in [0.15, 0.2) is 0 Å². The minimum absolute atomic E-state index is 0.694. The third-order valence-corrected chi connectivity index (χ3v) is 1.13. The van der Waals surface area contributed by atoms with E-state index in [2.05, 4.69) is 11.9 Å². The first kappa shape index (κ1) is 4.72. The molecule has 1 aromatic heterocycles. The Balaban J connectivity index is 3.12. The standard InChI is InChI=1S/C5H5ClN/c1-4-2-7-3-5(4)6/h2-3,7H,1H2. The SMILES string of the molecule is [CH2]c1c[nH]cc1Cl. The number of nitrogens with one attached hydrogen (secondary N) is 1. The van der Waals surface area contributed by atoms with E-state index in [0.29, 0.717) is 5.02 Å². The number of aromatic amines is 1. The maximum atomic E-state index is 5.53. The third kappa shape index (κ3) is 0.775. The van der Waals surface area contributed by atoms with Gasteiger partial charge in [-0.3, -0.25) is 0 Å². The summed E-state index contributed by atoms with van der Waals surface area (Å²) in [5.74, 6) is 0. The molecule has 1 radical (unpaired) electrons. The lowest BCUT2D eigenvalue weighted by atomic mass is 10.4. The van der Waals surface area contributed by atoms with Crippen LogP contribution in [-0.4, -0.2) is 4.98 Å². The van der Waals surface area contributed by atoms with Crippen molar-refractivity contribution in [3.05, 3.63) is 29.9 Å². The molecule has 2 heteroatoms. The van der Waals surface area contributed by atoms with Crippen molar-refractivity contribution in [3.8, 4) is 0 Å². The molecule has 0 spiro atoms. The first-order valence-corrected chi connectivity index (χ1v) is 2.33. The summed E-state index contributed by atoms with van der Waals surface area (Å²) < 4.78 is 0. The number of rotatable bonds is 0. The van der Waals surface area contributed by atoms with Crippen molar-refractivity contribution in [1.29, 1.82) is 0 Å². The second-order valence-electron chi connectivity index (χ2n) is 1.33. The minimum Gasteiger partial charge on any atom is -0.366 e. The van der Waals surface area contributed by atoms with Crippen molar-refractivity contribution < 1.29 is 0 Å². The molecular formula is C5H5ClN. The molecule has 0 bridgehead atoms. The average molecular weight is 115 g/mol. The van der Waals surface area contributed by atoms with Crippen molar-refractivity contribution in [2.75, 3.05) is 0 Å². The number of aromatic nitrogens is 1. The summed E-state index contributed by atoms with van der Waals surface area (Å²) in [5.41, 5.74) is 0.849. The lowest BCUT2D eigenvalue weighted by Gasteiger charge is -1.76. The van der Waals surface area contributed by atoms with E-state index in [-0.39, 0.29) is 0 Å². The molecule has 0 aliphatic carbocycles. The second kappa shape index (κ2) is 1.58. The molecule has 0 saturated carbocycles. The third-order valence-electron chi connectivity index (χ3n) is 0.774. The lowest BCUT2D eigenvalue weighted by molar-refractivity contribution is 1.41. The molecule has 0 fully saturated rings. The largest absolute Gasteiger partial charge is 0.366 e. The van der Waals surface area contributed by atoms with Crippen LogP contribution in [0.25, 0.3) is 0 Å². The van der Waals surface area contributed by atoms with Gasteiger partial charge in [0, 0.05) is 12.4 Å². The Bertz CT molecular complexity index is 140. The van der Waals surface area contributed by atoms with E-state index in [9.17, 15) is 0 Å². The van der Waals surface area contributed by atoms with Crippen molar-refractivity contribution in [2.24, 2.45) is 0 Å². The number of H-pyrrole nitrogens is 1. The zero-order valence-electron chi connectivity index (χ0n) is 3.74. The van der Waals surface area contributed by atoms with Crippen LogP contribution in [0.5, 0.6) is 0 Å². The average Bonchev–Trinajstić information content (AvgIpc) is 1.91. The topological polar surface area (TPSA) is 15.8 Å². The highest BCUT2D eigenvalue weighted by Gasteiger charge is 1.88. The fourth-order valence-corrected chi connectivity index (χ4v) is 0.495. The molecule has 1 N–H and O–H groups in total. The van der Waals surface area contributed by atoms with E-state index in [1.807, 2.05) is 0 Å². The first-order chi connectivity index (χ1) is 3.30. The normalized spacial score (nSPS) is 9.43. The van der Waals surface area contributed by atoms with Gasteiger partial charge in [-0.2, -0.15) is 0 Å². The molecule has 0 atom stereocenters. The van der Waals surface area contributed by atoms with E-state index < -0.39 is 0 Å². The Kier molecular flexibility index (Phi) is 1.07.